The van der Waals surface area contributed by atoms with E-state index < -0.39 is 12.1 Å². The Morgan fingerprint density at radius 3 is 2.23 bits per heavy atom. The number of esters is 1. The molecule has 0 aliphatic carbocycles. The maximum atomic E-state index is 12.2. The number of methoxy groups -OCH3 is 3. The van der Waals surface area contributed by atoms with E-state index in [4.69, 9.17) is 18.9 Å². The van der Waals surface area contributed by atoms with Crippen LogP contribution < -0.4 is 14.2 Å². The third kappa shape index (κ3) is 2.06. The molecular weight excluding hydrogens is 284 g/mol. The van der Waals surface area contributed by atoms with E-state index in [1.807, 2.05) is 30.3 Å². The third-order valence-corrected chi connectivity index (χ3v) is 3.68. The minimum absolute atomic E-state index is 0.400. The van der Waals surface area contributed by atoms with Crippen molar-refractivity contribution < 1.29 is 23.7 Å². The molecule has 5 nitrogen and oxygen atoms in total. The van der Waals surface area contributed by atoms with Gasteiger partial charge in [0.25, 0.3) is 0 Å². The van der Waals surface area contributed by atoms with Crippen molar-refractivity contribution in [3.05, 3.63) is 53.1 Å². The van der Waals surface area contributed by atoms with Crippen molar-refractivity contribution >= 4 is 5.97 Å². The summed E-state index contributed by atoms with van der Waals surface area (Å²) in [6.45, 7) is 0. The van der Waals surface area contributed by atoms with Gasteiger partial charge in [-0.2, -0.15) is 0 Å². The molecule has 1 unspecified atom stereocenters. The van der Waals surface area contributed by atoms with Crippen LogP contribution in [-0.2, 0) is 4.74 Å². The van der Waals surface area contributed by atoms with Crippen molar-refractivity contribution in [3.8, 4) is 17.2 Å². The van der Waals surface area contributed by atoms with Crippen LogP contribution in [0, 0.1) is 0 Å². The summed E-state index contributed by atoms with van der Waals surface area (Å²) in [6, 6.07) is 11.1. The van der Waals surface area contributed by atoms with Gasteiger partial charge in [-0.25, -0.2) is 4.79 Å². The number of fused-ring (bicyclic) bond motifs is 1. The maximum Gasteiger partial charge on any atom is 0.339 e. The molecule has 5 heteroatoms. The lowest BCUT2D eigenvalue weighted by molar-refractivity contribution is 0.0454. The molecule has 0 bridgehead atoms. The number of benzene rings is 2. The van der Waals surface area contributed by atoms with Crippen LogP contribution in [0.4, 0.5) is 0 Å². The van der Waals surface area contributed by atoms with Gasteiger partial charge in [-0.3, -0.25) is 0 Å². The molecule has 1 aliphatic rings. The monoisotopic (exact) mass is 300 g/mol. The van der Waals surface area contributed by atoms with Crippen LogP contribution in [0.25, 0.3) is 0 Å². The molecule has 0 saturated heterocycles. The van der Waals surface area contributed by atoms with E-state index in [2.05, 4.69) is 0 Å². The predicted molar refractivity (Wildman–Crippen MR) is 79.8 cm³/mol. The zero-order valence-electron chi connectivity index (χ0n) is 12.6. The standard InChI is InChI=1S/C17H16O5/c1-19-12-9-11-13(16(21-3)15(12)20-2)14(22-17(11)18)10-7-5-4-6-8-10/h4-9,14H,1-3H3. The highest BCUT2D eigenvalue weighted by atomic mass is 16.6. The van der Waals surface area contributed by atoms with Crippen LogP contribution in [0.5, 0.6) is 17.2 Å². The lowest BCUT2D eigenvalue weighted by Crippen LogP contribution is -2.03. The quantitative estimate of drug-likeness (QED) is 0.813. The smallest absolute Gasteiger partial charge is 0.339 e. The first-order chi connectivity index (χ1) is 10.7. The van der Waals surface area contributed by atoms with Crippen molar-refractivity contribution in [3.63, 3.8) is 0 Å². The molecule has 1 heterocycles. The Labute approximate surface area is 128 Å². The molecule has 0 N–H and O–H groups in total. The summed E-state index contributed by atoms with van der Waals surface area (Å²) in [4.78, 5) is 12.2. The molecule has 0 radical (unpaired) electrons. The van der Waals surface area contributed by atoms with Gasteiger partial charge < -0.3 is 18.9 Å². The fourth-order valence-electron chi connectivity index (χ4n) is 2.70. The first-order valence-corrected chi connectivity index (χ1v) is 6.80. The zero-order valence-corrected chi connectivity index (χ0v) is 12.6. The molecule has 0 saturated carbocycles. The number of ether oxygens (including phenoxy) is 4. The molecule has 114 valence electrons. The second-order valence-corrected chi connectivity index (χ2v) is 4.80. The Morgan fingerprint density at radius 1 is 0.955 bits per heavy atom. The predicted octanol–water partition coefficient (Wildman–Crippen LogP) is 2.97. The highest BCUT2D eigenvalue weighted by Gasteiger charge is 2.38. The Kier molecular flexibility index (Phi) is 3.63. The Hall–Kier alpha value is -2.69. The molecule has 1 aliphatic heterocycles. The highest BCUT2D eigenvalue weighted by Crippen LogP contribution is 2.49. The lowest BCUT2D eigenvalue weighted by Gasteiger charge is -2.17. The van der Waals surface area contributed by atoms with Crippen molar-refractivity contribution in [1.82, 2.24) is 0 Å². The van der Waals surface area contributed by atoms with E-state index in [-0.39, 0.29) is 0 Å². The van der Waals surface area contributed by atoms with E-state index >= 15 is 0 Å². The van der Waals surface area contributed by atoms with Crippen LogP contribution >= 0.6 is 0 Å². The molecule has 22 heavy (non-hydrogen) atoms. The van der Waals surface area contributed by atoms with Gasteiger partial charge in [-0.05, 0) is 11.6 Å². The molecule has 3 rings (SSSR count). The van der Waals surface area contributed by atoms with Gasteiger partial charge in [0.2, 0.25) is 5.75 Å². The number of cyclic esters (lactones) is 1. The van der Waals surface area contributed by atoms with Crippen LogP contribution in [0.3, 0.4) is 0 Å². The van der Waals surface area contributed by atoms with Crippen LogP contribution in [0.2, 0.25) is 0 Å². The molecule has 2 aromatic carbocycles. The van der Waals surface area contributed by atoms with E-state index in [1.54, 1.807) is 6.07 Å². The second-order valence-electron chi connectivity index (χ2n) is 4.80. The summed E-state index contributed by atoms with van der Waals surface area (Å²) < 4.78 is 21.7. The number of carbonyl (C=O) groups excluding carboxylic acids is 1. The maximum absolute atomic E-state index is 12.2. The van der Waals surface area contributed by atoms with Gasteiger partial charge in [0.15, 0.2) is 17.6 Å². The topological polar surface area (TPSA) is 54.0 Å². The van der Waals surface area contributed by atoms with Crippen molar-refractivity contribution in [2.24, 2.45) is 0 Å². The zero-order chi connectivity index (χ0) is 15.7. The second kappa shape index (κ2) is 5.60. The van der Waals surface area contributed by atoms with Crippen molar-refractivity contribution in [2.75, 3.05) is 21.3 Å². The minimum Gasteiger partial charge on any atom is -0.493 e. The summed E-state index contributed by atoms with van der Waals surface area (Å²) in [6.07, 6.45) is -0.515. The van der Waals surface area contributed by atoms with Gasteiger partial charge in [-0.15, -0.1) is 0 Å². The average Bonchev–Trinajstić information content (AvgIpc) is 2.90. The van der Waals surface area contributed by atoms with Gasteiger partial charge in [-0.1, -0.05) is 30.3 Å². The number of carbonyl (C=O) groups is 1. The molecule has 2 aromatic rings. The van der Waals surface area contributed by atoms with Gasteiger partial charge in [0.05, 0.1) is 32.5 Å². The first kappa shape index (κ1) is 14.3. The lowest BCUT2D eigenvalue weighted by atomic mass is 9.97. The van der Waals surface area contributed by atoms with Gasteiger partial charge >= 0.3 is 5.97 Å². The molecule has 0 fully saturated rings. The van der Waals surface area contributed by atoms with E-state index in [9.17, 15) is 4.79 Å². The fraction of sp³-hybridized carbons (Fsp3) is 0.235. The van der Waals surface area contributed by atoms with Crippen molar-refractivity contribution in [2.45, 2.75) is 6.10 Å². The normalized spacial score (nSPS) is 16.0. The first-order valence-electron chi connectivity index (χ1n) is 6.80. The van der Waals surface area contributed by atoms with E-state index in [0.29, 0.717) is 28.4 Å². The Bertz CT molecular complexity index is 709. The average molecular weight is 300 g/mol. The summed E-state index contributed by atoms with van der Waals surface area (Å²) in [5.41, 5.74) is 1.97. The van der Waals surface area contributed by atoms with Crippen molar-refractivity contribution in [1.29, 1.82) is 0 Å². The van der Waals surface area contributed by atoms with Gasteiger partial charge in [0.1, 0.15) is 0 Å². The summed E-state index contributed by atoms with van der Waals surface area (Å²) in [5, 5.41) is 0. The minimum atomic E-state index is -0.515. The molecule has 0 spiro atoms. The molecule has 0 amide bonds. The van der Waals surface area contributed by atoms with Crippen LogP contribution in [-0.4, -0.2) is 27.3 Å². The molecule has 0 aromatic heterocycles. The largest absolute Gasteiger partial charge is 0.493 e. The van der Waals surface area contributed by atoms with Crippen LogP contribution in [0.1, 0.15) is 27.6 Å². The Morgan fingerprint density at radius 2 is 1.64 bits per heavy atom. The fourth-order valence-corrected chi connectivity index (χ4v) is 2.70. The van der Waals surface area contributed by atoms with Crippen LogP contribution in [0.15, 0.2) is 36.4 Å². The van der Waals surface area contributed by atoms with E-state index in [1.165, 1.54) is 21.3 Å². The highest BCUT2D eigenvalue weighted by molar-refractivity contribution is 5.97. The Balaban J connectivity index is 2.24. The summed E-state index contributed by atoms with van der Waals surface area (Å²) in [7, 11) is 4.57. The van der Waals surface area contributed by atoms with Gasteiger partial charge in [0, 0.05) is 0 Å². The summed E-state index contributed by atoms with van der Waals surface area (Å²) >= 11 is 0. The SMILES string of the molecule is COc1cc2c(c(OC)c1OC)C(c1ccccc1)OC2=O. The van der Waals surface area contributed by atoms with E-state index in [0.717, 1.165) is 5.56 Å². The molecule has 1 atom stereocenters. The number of hydrogen-bond acceptors (Lipinski definition) is 5. The molecular formula is C17H16O5. The third-order valence-electron chi connectivity index (χ3n) is 3.68. The number of hydrogen-bond donors (Lipinski definition) is 0. The summed E-state index contributed by atoms with van der Waals surface area (Å²) in [5.74, 6) is 0.936. The number of rotatable bonds is 4.